The van der Waals surface area contributed by atoms with Gasteiger partial charge in [-0.1, -0.05) is 30.7 Å². The average molecular weight is 388 g/mol. The van der Waals surface area contributed by atoms with Crippen molar-refractivity contribution in [3.63, 3.8) is 0 Å². The number of aliphatic hydroxyl groups is 1. The maximum absolute atomic E-state index is 11.5. The summed E-state index contributed by atoms with van der Waals surface area (Å²) in [6.07, 6.45) is 0.850. The average Bonchev–Trinajstić information content (AvgIpc) is 3.10. The van der Waals surface area contributed by atoms with Crippen LogP contribution in [0.2, 0.25) is 5.02 Å². The van der Waals surface area contributed by atoms with E-state index in [1.807, 2.05) is 24.3 Å². The van der Waals surface area contributed by atoms with E-state index in [0.717, 1.165) is 16.3 Å². The summed E-state index contributed by atoms with van der Waals surface area (Å²) < 4.78 is 10.2. The third kappa shape index (κ3) is 4.50. The number of methoxy groups -OCH3 is 1. The third-order valence-electron chi connectivity index (χ3n) is 4.58. The molecule has 0 aliphatic heterocycles. The van der Waals surface area contributed by atoms with Crippen LogP contribution in [0, 0.1) is 0 Å². The molecule has 0 amide bonds. The van der Waals surface area contributed by atoms with E-state index in [2.05, 4.69) is 12.2 Å². The Hall–Kier alpha value is -2.34. The van der Waals surface area contributed by atoms with Crippen molar-refractivity contribution in [1.82, 2.24) is 5.32 Å². The molecule has 0 saturated carbocycles. The van der Waals surface area contributed by atoms with Crippen molar-refractivity contribution in [3.05, 3.63) is 70.6 Å². The van der Waals surface area contributed by atoms with Gasteiger partial charge in [0.15, 0.2) is 0 Å². The van der Waals surface area contributed by atoms with Crippen molar-refractivity contribution >= 4 is 28.3 Å². The first-order chi connectivity index (χ1) is 13.0. The molecule has 0 spiro atoms. The number of rotatable bonds is 7. The molecule has 0 saturated heterocycles. The van der Waals surface area contributed by atoms with Crippen molar-refractivity contribution in [2.45, 2.75) is 18.9 Å². The highest BCUT2D eigenvalue weighted by Gasteiger charge is 2.16. The fourth-order valence-electron chi connectivity index (χ4n) is 3.02. The van der Waals surface area contributed by atoms with Crippen LogP contribution in [-0.4, -0.2) is 31.3 Å². The minimum Gasteiger partial charge on any atom is -0.465 e. The number of halogens is 1. The Bertz CT molecular complexity index is 920. The summed E-state index contributed by atoms with van der Waals surface area (Å²) in [5.74, 6) is 0.405. The molecule has 0 aliphatic carbocycles. The number of aliphatic hydroxyl groups excluding tert-OH is 1. The molecule has 0 radical (unpaired) electrons. The molecule has 142 valence electrons. The lowest BCUT2D eigenvalue weighted by molar-refractivity contribution is 0.0600. The molecule has 5 nitrogen and oxygen atoms in total. The van der Waals surface area contributed by atoms with Crippen LogP contribution in [0.1, 0.15) is 40.6 Å². The first kappa shape index (κ1) is 19.4. The molecular formula is C21H22ClNO4. The van der Waals surface area contributed by atoms with Crippen molar-refractivity contribution in [3.8, 4) is 0 Å². The highest BCUT2D eigenvalue weighted by atomic mass is 35.5. The van der Waals surface area contributed by atoms with Crippen molar-refractivity contribution in [2.75, 3.05) is 20.2 Å². The van der Waals surface area contributed by atoms with E-state index in [1.54, 1.807) is 24.5 Å². The number of hydrogen-bond donors (Lipinski definition) is 2. The van der Waals surface area contributed by atoms with E-state index in [-0.39, 0.29) is 11.9 Å². The fourth-order valence-corrected chi connectivity index (χ4v) is 3.20. The van der Waals surface area contributed by atoms with Crippen LogP contribution >= 0.6 is 11.6 Å². The summed E-state index contributed by atoms with van der Waals surface area (Å²) in [4.78, 5) is 11.5. The number of furan rings is 1. The second-order valence-electron chi connectivity index (χ2n) is 6.52. The molecule has 0 fully saturated rings. The molecule has 0 aliphatic rings. The monoisotopic (exact) mass is 387 g/mol. The molecule has 2 unspecified atom stereocenters. The molecule has 1 aromatic heterocycles. The minimum absolute atomic E-state index is 0.219. The maximum atomic E-state index is 11.5. The van der Waals surface area contributed by atoms with Crippen LogP contribution in [0.3, 0.4) is 0 Å². The van der Waals surface area contributed by atoms with Crippen LogP contribution in [0.15, 0.2) is 53.1 Å². The molecule has 2 N–H and O–H groups in total. The lowest BCUT2D eigenvalue weighted by Gasteiger charge is -2.15. The molecule has 27 heavy (non-hydrogen) atoms. The Morgan fingerprint density at radius 1 is 1.22 bits per heavy atom. The van der Waals surface area contributed by atoms with E-state index >= 15 is 0 Å². The molecular weight excluding hydrogens is 366 g/mol. The van der Waals surface area contributed by atoms with Gasteiger partial charge in [-0.05, 0) is 41.8 Å². The van der Waals surface area contributed by atoms with Gasteiger partial charge < -0.3 is 19.6 Å². The quantitative estimate of drug-likeness (QED) is 0.591. The summed E-state index contributed by atoms with van der Waals surface area (Å²) in [5.41, 5.74) is 1.63. The standard InChI is InChI=1S/C21H22ClNO4/c1-13(14-3-5-15(6-4-14)21(25)26-2)10-23-11-19(24)20-18-8-7-17(22)9-16(18)12-27-20/h3-9,12-13,19,23-24H,10-11H2,1-2H3. The maximum Gasteiger partial charge on any atom is 0.337 e. The van der Waals surface area contributed by atoms with Crippen molar-refractivity contribution < 1.29 is 19.1 Å². The minimum atomic E-state index is -0.752. The predicted molar refractivity (Wildman–Crippen MR) is 105 cm³/mol. The predicted octanol–water partition coefficient (Wildman–Crippen LogP) is 4.30. The van der Waals surface area contributed by atoms with Gasteiger partial charge in [0.1, 0.15) is 11.9 Å². The summed E-state index contributed by atoms with van der Waals surface area (Å²) >= 11 is 5.98. The zero-order valence-corrected chi connectivity index (χ0v) is 16.0. The van der Waals surface area contributed by atoms with Crippen LogP contribution in [0.5, 0.6) is 0 Å². The van der Waals surface area contributed by atoms with E-state index < -0.39 is 6.10 Å². The molecule has 2 aromatic carbocycles. The van der Waals surface area contributed by atoms with Gasteiger partial charge in [0, 0.05) is 28.9 Å². The number of benzene rings is 2. The Labute approximate surface area is 162 Å². The first-order valence-electron chi connectivity index (χ1n) is 8.73. The third-order valence-corrected chi connectivity index (χ3v) is 4.82. The van der Waals surface area contributed by atoms with Gasteiger partial charge in [-0.25, -0.2) is 4.79 Å². The summed E-state index contributed by atoms with van der Waals surface area (Å²) in [5, 5.41) is 16.1. The molecule has 0 bridgehead atoms. The molecule has 3 rings (SSSR count). The number of esters is 1. The second kappa shape index (κ2) is 8.57. The summed E-state index contributed by atoms with van der Waals surface area (Å²) in [7, 11) is 1.37. The number of fused-ring (bicyclic) bond motifs is 1. The second-order valence-corrected chi connectivity index (χ2v) is 6.96. The van der Waals surface area contributed by atoms with E-state index in [1.165, 1.54) is 7.11 Å². The van der Waals surface area contributed by atoms with E-state index in [9.17, 15) is 9.90 Å². The highest BCUT2D eigenvalue weighted by molar-refractivity contribution is 6.31. The van der Waals surface area contributed by atoms with Crippen LogP contribution in [0.25, 0.3) is 10.8 Å². The Morgan fingerprint density at radius 2 is 1.96 bits per heavy atom. The van der Waals surface area contributed by atoms with E-state index in [0.29, 0.717) is 29.4 Å². The SMILES string of the molecule is COC(=O)c1ccc(C(C)CNCC(O)c2occ3cc(Cl)ccc23)cc1. The Morgan fingerprint density at radius 3 is 2.67 bits per heavy atom. The van der Waals surface area contributed by atoms with Crippen molar-refractivity contribution in [1.29, 1.82) is 0 Å². The highest BCUT2D eigenvalue weighted by Crippen LogP contribution is 2.28. The molecule has 2 atom stereocenters. The lowest BCUT2D eigenvalue weighted by Crippen LogP contribution is -2.25. The number of carbonyl (C=O) groups is 1. The zero-order chi connectivity index (χ0) is 19.4. The lowest BCUT2D eigenvalue weighted by atomic mass is 9.99. The van der Waals surface area contributed by atoms with Crippen LogP contribution in [-0.2, 0) is 4.74 Å². The first-order valence-corrected chi connectivity index (χ1v) is 9.11. The van der Waals surface area contributed by atoms with E-state index in [4.69, 9.17) is 20.8 Å². The smallest absolute Gasteiger partial charge is 0.337 e. The van der Waals surface area contributed by atoms with Gasteiger partial charge >= 0.3 is 5.97 Å². The van der Waals surface area contributed by atoms with Gasteiger partial charge in [0.2, 0.25) is 0 Å². The van der Waals surface area contributed by atoms with Gasteiger partial charge in [-0.15, -0.1) is 0 Å². The summed E-state index contributed by atoms with van der Waals surface area (Å²) in [6.45, 7) is 3.13. The Kier molecular flexibility index (Phi) is 6.16. The fraction of sp³-hybridized carbons (Fsp3) is 0.286. The number of ether oxygens (including phenoxy) is 1. The van der Waals surface area contributed by atoms with Crippen LogP contribution in [0.4, 0.5) is 0 Å². The molecule has 6 heteroatoms. The van der Waals surface area contributed by atoms with Gasteiger partial charge in [-0.3, -0.25) is 0 Å². The van der Waals surface area contributed by atoms with Gasteiger partial charge in [0.05, 0.1) is 18.9 Å². The Balaban J connectivity index is 1.56. The largest absolute Gasteiger partial charge is 0.465 e. The zero-order valence-electron chi connectivity index (χ0n) is 15.2. The normalized spacial score (nSPS) is 13.5. The van der Waals surface area contributed by atoms with Crippen molar-refractivity contribution in [2.24, 2.45) is 0 Å². The molecule has 3 aromatic rings. The van der Waals surface area contributed by atoms with Crippen LogP contribution < -0.4 is 5.32 Å². The van der Waals surface area contributed by atoms with Gasteiger partial charge in [0.25, 0.3) is 0 Å². The van der Waals surface area contributed by atoms with Gasteiger partial charge in [-0.2, -0.15) is 0 Å². The molecule has 1 heterocycles. The number of carbonyl (C=O) groups excluding carboxylic acids is 1. The number of hydrogen-bond acceptors (Lipinski definition) is 5. The number of nitrogens with one attached hydrogen (secondary N) is 1. The summed E-state index contributed by atoms with van der Waals surface area (Å²) in [6, 6.07) is 12.8. The topological polar surface area (TPSA) is 71.7 Å².